The molecule has 4 fully saturated rings. The molecule has 4 aliphatic carbocycles. The van der Waals surface area contributed by atoms with E-state index in [0.717, 1.165) is 33.9 Å². The number of amides is 2. The second kappa shape index (κ2) is 10.1. The predicted octanol–water partition coefficient (Wildman–Crippen LogP) is 5.77. The number of alkyl carbamates (subject to hydrolysis) is 1. The van der Waals surface area contributed by atoms with Gasteiger partial charge in [-0.15, -0.1) is 0 Å². The van der Waals surface area contributed by atoms with E-state index >= 15 is 0 Å². The van der Waals surface area contributed by atoms with E-state index in [1.165, 1.54) is 32.1 Å². The van der Waals surface area contributed by atoms with E-state index < -0.39 is 11.6 Å². The third kappa shape index (κ3) is 5.05. The lowest BCUT2D eigenvalue weighted by Gasteiger charge is -2.53. The van der Waals surface area contributed by atoms with Crippen molar-refractivity contribution in [3.8, 4) is 0 Å². The number of carbonyl (C=O) groups excluding carboxylic acids is 2. The molecule has 1 aromatic heterocycles. The normalized spacial score (nSPS) is 28.0. The molecule has 4 bridgehead atoms. The maximum Gasteiger partial charge on any atom is 0.408 e. The van der Waals surface area contributed by atoms with Gasteiger partial charge < -0.3 is 20.4 Å². The Hall–Kier alpha value is -3.28. The van der Waals surface area contributed by atoms with Crippen molar-refractivity contribution in [3.05, 3.63) is 71.9 Å². The Morgan fingerprint density at radius 3 is 2.34 bits per heavy atom. The fourth-order valence-electron chi connectivity index (χ4n) is 7.69. The minimum atomic E-state index is -1.17. The van der Waals surface area contributed by atoms with Crippen LogP contribution in [0.1, 0.15) is 57.1 Å². The van der Waals surface area contributed by atoms with Crippen LogP contribution in [-0.4, -0.2) is 34.7 Å². The van der Waals surface area contributed by atoms with Gasteiger partial charge in [0, 0.05) is 29.6 Å². The fraction of sp³-hybridized carbons (Fsp3) is 0.500. The number of rotatable bonds is 8. The van der Waals surface area contributed by atoms with Crippen LogP contribution in [0.2, 0.25) is 0 Å². The standard InChI is InChI=1S/C32H39N3O3/c1-20(12-21-8-4-3-5-9-21)34-30(36)32(2,18-26-19-33-28-11-7-6-10-27(26)28)35-31(37)38-29-24-14-22-13-23(16-24)17-25(29)15-22/h3-11,19-20,22-25,29,33H,12-18H2,1-2H3,(H,34,36)(H,35,37)/t20-,22?,23?,24?,25?,29?,32+/m0/s1. The summed E-state index contributed by atoms with van der Waals surface area (Å²) < 4.78 is 6.14. The van der Waals surface area contributed by atoms with Crippen LogP contribution in [0.4, 0.5) is 4.79 Å². The number of hydrogen-bond acceptors (Lipinski definition) is 3. The Labute approximate surface area is 224 Å². The van der Waals surface area contributed by atoms with Crippen molar-refractivity contribution in [1.82, 2.24) is 15.6 Å². The van der Waals surface area contributed by atoms with Crippen molar-refractivity contribution in [3.63, 3.8) is 0 Å². The smallest absolute Gasteiger partial charge is 0.408 e. The molecule has 38 heavy (non-hydrogen) atoms. The lowest BCUT2D eigenvalue weighted by atomic mass is 9.55. The molecule has 4 saturated carbocycles. The van der Waals surface area contributed by atoms with Crippen LogP contribution in [-0.2, 0) is 22.4 Å². The van der Waals surface area contributed by atoms with Gasteiger partial charge in [0.15, 0.2) is 0 Å². The maximum absolute atomic E-state index is 13.8. The molecule has 6 heteroatoms. The summed E-state index contributed by atoms with van der Waals surface area (Å²) in [6, 6.07) is 18.1. The van der Waals surface area contributed by atoms with Crippen LogP contribution >= 0.6 is 0 Å². The number of aromatic amines is 1. The molecular weight excluding hydrogens is 474 g/mol. The second-order valence-electron chi connectivity index (χ2n) is 12.4. The number of hydrogen-bond donors (Lipinski definition) is 3. The van der Waals surface area contributed by atoms with E-state index in [-0.39, 0.29) is 18.1 Å². The molecule has 4 aliphatic rings. The first-order valence-corrected chi connectivity index (χ1v) is 14.2. The molecular formula is C32H39N3O3. The molecule has 2 amide bonds. The van der Waals surface area contributed by atoms with Gasteiger partial charge in [-0.2, -0.15) is 0 Å². The molecule has 0 spiro atoms. The highest BCUT2D eigenvalue weighted by atomic mass is 16.6. The Morgan fingerprint density at radius 2 is 1.63 bits per heavy atom. The summed E-state index contributed by atoms with van der Waals surface area (Å²) in [5.41, 5.74) is 1.99. The van der Waals surface area contributed by atoms with Gasteiger partial charge in [-0.05, 0) is 93.2 Å². The second-order valence-corrected chi connectivity index (χ2v) is 12.4. The quantitative estimate of drug-likeness (QED) is 0.358. The number of nitrogens with one attached hydrogen (secondary N) is 3. The van der Waals surface area contributed by atoms with Crippen LogP contribution in [0.5, 0.6) is 0 Å². The highest BCUT2D eigenvalue weighted by Gasteiger charge is 2.50. The van der Waals surface area contributed by atoms with Crippen LogP contribution in [0.3, 0.4) is 0 Å². The van der Waals surface area contributed by atoms with Gasteiger partial charge in [0.05, 0.1) is 0 Å². The zero-order valence-corrected chi connectivity index (χ0v) is 22.4. The van der Waals surface area contributed by atoms with Gasteiger partial charge in [0.1, 0.15) is 11.6 Å². The monoisotopic (exact) mass is 513 g/mol. The van der Waals surface area contributed by atoms with Gasteiger partial charge in [0.2, 0.25) is 5.91 Å². The highest BCUT2D eigenvalue weighted by molar-refractivity contribution is 5.91. The summed E-state index contributed by atoms with van der Waals surface area (Å²) in [5, 5.41) is 7.26. The maximum atomic E-state index is 13.8. The molecule has 0 aliphatic heterocycles. The van der Waals surface area contributed by atoms with Gasteiger partial charge in [-0.3, -0.25) is 4.79 Å². The fourth-order valence-corrected chi connectivity index (χ4v) is 7.69. The van der Waals surface area contributed by atoms with Crippen LogP contribution in [0, 0.1) is 23.7 Å². The van der Waals surface area contributed by atoms with Crippen molar-refractivity contribution in [1.29, 1.82) is 0 Å². The molecule has 0 radical (unpaired) electrons. The zero-order chi connectivity index (χ0) is 26.3. The van der Waals surface area contributed by atoms with Crippen molar-refractivity contribution in [2.24, 2.45) is 23.7 Å². The Morgan fingerprint density at radius 1 is 0.974 bits per heavy atom. The highest BCUT2D eigenvalue weighted by Crippen LogP contribution is 2.54. The lowest BCUT2D eigenvalue weighted by Crippen LogP contribution is -2.61. The number of para-hydroxylation sites is 1. The van der Waals surface area contributed by atoms with E-state index in [9.17, 15) is 9.59 Å². The minimum absolute atomic E-state index is 0.0276. The van der Waals surface area contributed by atoms with Crippen molar-refractivity contribution in [2.75, 3.05) is 0 Å². The van der Waals surface area contributed by atoms with Gasteiger partial charge in [-0.1, -0.05) is 48.5 Å². The summed E-state index contributed by atoms with van der Waals surface area (Å²) in [7, 11) is 0. The van der Waals surface area contributed by atoms with E-state index in [1.807, 2.05) is 62.5 Å². The van der Waals surface area contributed by atoms with Crippen molar-refractivity contribution < 1.29 is 14.3 Å². The summed E-state index contributed by atoms with van der Waals surface area (Å²) in [4.78, 5) is 30.5. The first-order chi connectivity index (χ1) is 18.4. The Balaban J connectivity index is 1.19. The number of ether oxygens (including phenoxy) is 1. The molecule has 200 valence electrons. The predicted molar refractivity (Wildman–Crippen MR) is 149 cm³/mol. The molecule has 2 atom stereocenters. The summed E-state index contributed by atoms with van der Waals surface area (Å²) in [5.74, 6) is 2.36. The summed E-state index contributed by atoms with van der Waals surface area (Å²) in [6.45, 7) is 3.82. The van der Waals surface area contributed by atoms with E-state index in [2.05, 4.69) is 27.8 Å². The minimum Gasteiger partial charge on any atom is -0.446 e. The molecule has 3 N–H and O–H groups in total. The molecule has 7 rings (SSSR count). The van der Waals surface area contributed by atoms with Gasteiger partial charge in [-0.25, -0.2) is 4.79 Å². The Bertz CT molecular complexity index is 1270. The molecule has 3 aromatic rings. The van der Waals surface area contributed by atoms with Crippen LogP contribution < -0.4 is 10.6 Å². The summed E-state index contributed by atoms with van der Waals surface area (Å²) in [6.07, 6.45) is 8.57. The zero-order valence-electron chi connectivity index (χ0n) is 22.4. The van der Waals surface area contributed by atoms with E-state index in [1.54, 1.807) is 0 Å². The number of fused-ring (bicyclic) bond motifs is 1. The van der Waals surface area contributed by atoms with Crippen molar-refractivity contribution in [2.45, 2.75) is 76.5 Å². The van der Waals surface area contributed by atoms with Crippen LogP contribution in [0.15, 0.2) is 60.8 Å². The third-order valence-corrected chi connectivity index (χ3v) is 9.24. The lowest BCUT2D eigenvalue weighted by molar-refractivity contribution is -0.128. The molecule has 1 heterocycles. The summed E-state index contributed by atoms with van der Waals surface area (Å²) >= 11 is 0. The number of H-pyrrole nitrogens is 1. The first-order valence-electron chi connectivity index (χ1n) is 14.2. The SMILES string of the molecule is C[C@@H](Cc1ccccc1)NC(=O)[C@@](C)(Cc1c[nH]c2ccccc12)NC(=O)OC1C2CC3CC(C2)CC1C3. The number of aromatic nitrogens is 1. The van der Waals surface area contributed by atoms with Crippen LogP contribution in [0.25, 0.3) is 10.9 Å². The Kier molecular flexibility index (Phi) is 6.67. The average molecular weight is 514 g/mol. The van der Waals surface area contributed by atoms with E-state index in [0.29, 0.717) is 24.7 Å². The van der Waals surface area contributed by atoms with Gasteiger partial charge in [0.25, 0.3) is 0 Å². The van der Waals surface area contributed by atoms with Gasteiger partial charge >= 0.3 is 6.09 Å². The van der Waals surface area contributed by atoms with E-state index in [4.69, 9.17) is 4.74 Å². The first kappa shape index (κ1) is 25.0. The molecule has 0 unspecified atom stereocenters. The molecule has 6 nitrogen and oxygen atoms in total. The number of benzene rings is 2. The number of carbonyl (C=O) groups is 2. The average Bonchev–Trinajstić information content (AvgIpc) is 3.28. The molecule has 2 aromatic carbocycles. The van der Waals surface area contributed by atoms with Crippen molar-refractivity contribution >= 4 is 22.9 Å². The molecule has 0 saturated heterocycles. The topological polar surface area (TPSA) is 83.2 Å². The third-order valence-electron chi connectivity index (χ3n) is 9.24. The largest absolute Gasteiger partial charge is 0.446 e.